The third-order valence-electron chi connectivity index (χ3n) is 5.57. The molecule has 0 saturated carbocycles. The van der Waals surface area contributed by atoms with Crippen molar-refractivity contribution in [2.24, 2.45) is 0 Å². The molecule has 3 aromatic rings. The first-order valence-corrected chi connectivity index (χ1v) is 10.2. The van der Waals surface area contributed by atoms with Crippen LogP contribution in [0.2, 0.25) is 0 Å². The van der Waals surface area contributed by atoms with Crippen LogP contribution in [0.4, 0.5) is 10.1 Å². The summed E-state index contributed by atoms with van der Waals surface area (Å²) in [6.45, 7) is 1.88. The van der Waals surface area contributed by atoms with Crippen LogP contribution in [0.3, 0.4) is 0 Å². The Kier molecular flexibility index (Phi) is 5.87. The third kappa shape index (κ3) is 3.93. The Morgan fingerprint density at radius 2 is 1.70 bits per heavy atom. The molecule has 1 N–H and O–H groups in total. The van der Waals surface area contributed by atoms with Crippen molar-refractivity contribution in [3.8, 4) is 11.5 Å². The van der Waals surface area contributed by atoms with Gasteiger partial charge < -0.3 is 14.6 Å². The average Bonchev–Trinajstić information content (AvgIpc) is 3.09. The van der Waals surface area contributed by atoms with Gasteiger partial charge in [0.1, 0.15) is 23.1 Å². The molecule has 1 fully saturated rings. The first-order chi connectivity index (χ1) is 15.8. The number of aliphatic hydroxyl groups excluding tert-OH is 1. The molecule has 168 valence electrons. The number of aryl methyl sites for hydroxylation is 1. The van der Waals surface area contributed by atoms with Crippen LogP contribution in [0.25, 0.3) is 5.76 Å². The number of carbonyl (C=O) groups excluding carboxylic acids is 2. The molecule has 0 aromatic heterocycles. The lowest BCUT2D eigenvalue weighted by atomic mass is 9.94. The lowest BCUT2D eigenvalue weighted by Gasteiger charge is -2.26. The summed E-state index contributed by atoms with van der Waals surface area (Å²) in [4.78, 5) is 27.7. The van der Waals surface area contributed by atoms with Crippen LogP contribution in [0.5, 0.6) is 11.5 Å². The number of Topliss-reactive ketones (excluding diaryl/α,β-unsaturated/α-hetero) is 1. The van der Waals surface area contributed by atoms with Gasteiger partial charge in [-0.2, -0.15) is 0 Å². The smallest absolute Gasteiger partial charge is 0.300 e. The fourth-order valence-electron chi connectivity index (χ4n) is 3.99. The van der Waals surface area contributed by atoms with Gasteiger partial charge in [0.25, 0.3) is 11.7 Å². The Balaban J connectivity index is 1.98. The van der Waals surface area contributed by atoms with Gasteiger partial charge in [-0.15, -0.1) is 0 Å². The van der Waals surface area contributed by atoms with E-state index < -0.39 is 29.3 Å². The highest BCUT2D eigenvalue weighted by atomic mass is 19.1. The van der Waals surface area contributed by atoms with Crippen molar-refractivity contribution in [3.05, 3.63) is 94.8 Å². The molecule has 33 heavy (non-hydrogen) atoms. The Morgan fingerprint density at radius 1 is 0.970 bits per heavy atom. The van der Waals surface area contributed by atoms with Crippen LogP contribution < -0.4 is 14.4 Å². The molecular weight excluding hydrogens is 425 g/mol. The Labute approximate surface area is 190 Å². The van der Waals surface area contributed by atoms with Crippen molar-refractivity contribution in [2.75, 3.05) is 19.1 Å². The van der Waals surface area contributed by atoms with Crippen LogP contribution in [0, 0.1) is 12.7 Å². The Bertz CT molecular complexity index is 1270. The van der Waals surface area contributed by atoms with Crippen molar-refractivity contribution in [1.29, 1.82) is 0 Å². The zero-order valence-corrected chi connectivity index (χ0v) is 18.3. The van der Waals surface area contributed by atoms with Crippen LogP contribution >= 0.6 is 0 Å². The number of benzene rings is 3. The largest absolute Gasteiger partial charge is 0.507 e. The molecule has 1 unspecified atom stereocenters. The van der Waals surface area contributed by atoms with Gasteiger partial charge in [-0.1, -0.05) is 24.3 Å². The number of rotatable bonds is 5. The maximum Gasteiger partial charge on any atom is 0.300 e. The van der Waals surface area contributed by atoms with Gasteiger partial charge in [-0.05, 0) is 60.5 Å². The van der Waals surface area contributed by atoms with E-state index in [2.05, 4.69) is 0 Å². The Hall–Kier alpha value is -4.13. The summed E-state index contributed by atoms with van der Waals surface area (Å²) in [5.41, 5.74) is 1.81. The number of anilines is 1. The Morgan fingerprint density at radius 3 is 2.33 bits per heavy atom. The molecule has 1 saturated heterocycles. The van der Waals surface area contributed by atoms with E-state index in [0.29, 0.717) is 17.0 Å². The average molecular weight is 447 g/mol. The van der Waals surface area contributed by atoms with Crippen LogP contribution in [-0.4, -0.2) is 31.0 Å². The molecule has 6 nitrogen and oxygen atoms in total. The topological polar surface area (TPSA) is 76.1 Å². The van der Waals surface area contributed by atoms with Crippen molar-refractivity contribution in [2.45, 2.75) is 13.0 Å². The standard InChI is InChI=1S/C26H22FNO5/c1-15-5-4-6-18(13-15)28-23(16-7-10-19(32-2)11-8-16)22(25(30)26(28)31)24(29)20-14-17(27)9-12-21(20)33-3/h4-14,23,29H,1-3H3/b24-22+. The van der Waals surface area contributed by atoms with Crippen molar-refractivity contribution in [3.63, 3.8) is 0 Å². The molecule has 4 rings (SSSR count). The molecule has 1 aliphatic rings. The highest BCUT2D eigenvalue weighted by Crippen LogP contribution is 2.43. The number of amides is 1. The van der Waals surface area contributed by atoms with E-state index in [9.17, 15) is 19.1 Å². The van der Waals surface area contributed by atoms with Gasteiger partial charge in [-0.3, -0.25) is 14.5 Å². The van der Waals surface area contributed by atoms with E-state index >= 15 is 0 Å². The summed E-state index contributed by atoms with van der Waals surface area (Å²) in [6, 6.07) is 16.7. The second-order valence-corrected chi connectivity index (χ2v) is 7.63. The van der Waals surface area contributed by atoms with E-state index in [1.165, 1.54) is 31.3 Å². The number of carbonyl (C=O) groups is 2. The predicted molar refractivity (Wildman–Crippen MR) is 122 cm³/mol. The molecule has 3 aromatic carbocycles. The van der Waals surface area contributed by atoms with Gasteiger partial charge in [0, 0.05) is 5.69 Å². The number of aliphatic hydroxyl groups is 1. The molecular formula is C26H22FNO5. The minimum absolute atomic E-state index is 0.0155. The van der Waals surface area contributed by atoms with Gasteiger partial charge in [-0.25, -0.2) is 4.39 Å². The fraction of sp³-hybridized carbons (Fsp3) is 0.154. The number of ketones is 1. The summed E-state index contributed by atoms with van der Waals surface area (Å²) in [5, 5.41) is 11.2. The predicted octanol–water partition coefficient (Wildman–Crippen LogP) is 4.78. The maximum atomic E-state index is 14.0. The second kappa shape index (κ2) is 8.78. The minimum Gasteiger partial charge on any atom is -0.507 e. The number of halogens is 1. The van der Waals surface area contributed by atoms with E-state index in [0.717, 1.165) is 11.6 Å². The quantitative estimate of drug-likeness (QED) is 0.346. The van der Waals surface area contributed by atoms with Crippen molar-refractivity contribution in [1.82, 2.24) is 0 Å². The van der Waals surface area contributed by atoms with Gasteiger partial charge in [0.15, 0.2) is 0 Å². The van der Waals surface area contributed by atoms with E-state index in [-0.39, 0.29) is 16.9 Å². The molecule has 0 radical (unpaired) electrons. The number of hydrogen-bond donors (Lipinski definition) is 1. The number of ether oxygens (including phenoxy) is 2. The van der Waals surface area contributed by atoms with Gasteiger partial charge in [0.05, 0.1) is 31.4 Å². The molecule has 1 amide bonds. The normalized spacial score (nSPS) is 17.3. The van der Waals surface area contributed by atoms with E-state index in [4.69, 9.17) is 9.47 Å². The van der Waals surface area contributed by atoms with Gasteiger partial charge in [0.2, 0.25) is 0 Å². The van der Waals surface area contributed by atoms with E-state index in [1.807, 2.05) is 13.0 Å². The maximum absolute atomic E-state index is 14.0. The minimum atomic E-state index is -0.939. The fourth-order valence-corrected chi connectivity index (χ4v) is 3.99. The summed E-state index contributed by atoms with van der Waals surface area (Å²) in [5.74, 6) is -2.03. The molecule has 1 aliphatic heterocycles. The lowest BCUT2D eigenvalue weighted by molar-refractivity contribution is -0.132. The van der Waals surface area contributed by atoms with Crippen molar-refractivity contribution < 1.29 is 28.6 Å². The van der Waals surface area contributed by atoms with Crippen LogP contribution in [0.1, 0.15) is 22.7 Å². The molecule has 0 bridgehead atoms. The number of hydrogen-bond acceptors (Lipinski definition) is 5. The molecule has 1 atom stereocenters. The van der Waals surface area contributed by atoms with E-state index in [1.54, 1.807) is 42.5 Å². The highest BCUT2D eigenvalue weighted by Gasteiger charge is 2.47. The number of nitrogens with zero attached hydrogens (tertiary/aromatic N) is 1. The summed E-state index contributed by atoms with van der Waals surface area (Å²) >= 11 is 0. The highest BCUT2D eigenvalue weighted by molar-refractivity contribution is 6.51. The number of methoxy groups -OCH3 is 2. The zero-order valence-electron chi connectivity index (χ0n) is 18.3. The molecule has 1 heterocycles. The summed E-state index contributed by atoms with van der Waals surface area (Å²) in [7, 11) is 2.90. The van der Waals surface area contributed by atoms with Crippen LogP contribution in [0.15, 0.2) is 72.3 Å². The van der Waals surface area contributed by atoms with Crippen molar-refractivity contribution >= 4 is 23.1 Å². The zero-order chi connectivity index (χ0) is 23.7. The third-order valence-corrected chi connectivity index (χ3v) is 5.57. The summed E-state index contributed by atoms with van der Waals surface area (Å²) < 4.78 is 24.5. The monoisotopic (exact) mass is 447 g/mol. The van der Waals surface area contributed by atoms with Gasteiger partial charge >= 0.3 is 0 Å². The first kappa shape index (κ1) is 22.1. The summed E-state index contributed by atoms with van der Waals surface area (Å²) in [6.07, 6.45) is 0. The molecule has 0 aliphatic carbocycles. The molecule has 0 spiro atoms. The lowest BCUT2D eigenvalue weighted by Crippen LogP contribution is -2.29. The van der Waals surface area contributed by atoms with Crippen LogP contribution in [-0.2, 0) is 9.59 Å². The first-order valence-electron chi connectivity index (χ1n) is 10.2. The second-order valence-electron chi connectivity index (χ2n) is 7.63. The molecule has 7 heteroatoms. The SMILES string of the molecule is COc1ccc(C2/C(=C(\O)c3cc(F)ccc3OC)C(=O)C(=O)N2c2cccc(C)c2)cc1.